The summed E-state index contributed by atoms with van der Waals surface area (Å²) >= 11 is 0. The van der Waals surface area contributed by atoms with Gasteiger partial charge in [-0.25, -0.2) is 0 Å². The summed E-state index contributed by atoms with van der Waals surface area (Å²) in [6, 6.07) is -0.344. The van der Waals surface area contributed by atoms with Crippen LogP contribution in [0.15, 0.2) is 4.52 Å². The number of rotatable bonds is 4. The van der Waals surface area contributed by atoms with Crippen LogP contribution in [0.1, 0.15) is 23.9 Å². The summed E-state index contributed by atoms with van der Waals surface area (Å²) in [5, 5.41) is 6.80. The van der Waals surface area contributed by atoms with E-state index in [-0.39, 0.29) is 11.9 Å². The molecule has 78 valence electrons. The van der Waals surface area contributed by atoms with Crippen LogP contribution in [0.25, 0.3) is 0 Å². The number of nitrogens with one attached hydrogen (secondary N) is 1. The maximum absolute atomic E-state index is 10.7. The fourth-order valence-electron chi connectivity index (χ4n) is 1.11. The van der Waals surface area contributed by atoms with E-state index in [1.54, 1.807) is 6.92 Å². The predicted octanol–water partition coefficient (Wildman–Crippen LogP) is 0.255. The van der Waals surface area contributed by atoms with Crippen molar-refractivity contribution in [3.05, 3.63) is 17.0 Å². The predicted molar refractivity (Wildman–Crippen MR) is 51.5 cm³/mol. The Hall–Kier alpha value is -1.36. The van der Waals surface area contributed by atoms with Crippen LogP contribution in [0.2, 0.25) is 0 Å². The van der Waals surface area contributed by atoms with Crippen LogP contribution in [0.3, 0.4) is 0 Å². The minimum absolute atomic E-state index is 0.344. The van der Waals surface area contributed by atoms with Gasteiger partial charge >= 0.3 is 0 Å². The molecule has 3 N–H and O–H groups in total. The van der Waals surface area contributed by atoms with Gasteiger partial charge in [0, 0.05) is 12.1 Å². The van der Waals surface area contributed by atoms with E-state index < -0.39 is 0 Å². The Morgan fingerprint density at radius 3 is 2.71 bits per heavy atom. The third-order valence-corrected chi connectivity index (χ3v) is 2.19. The first-order valence-corrected chi connectivity index (χ1v) is 4.46. The number of aromatic nitrogens is 1. The van der Waals surface area contributed by atoms with Crippen LogP contribution in [-0.2, 0) is 11.3 Å². The number of nitrogens with two attached hydrogens (primary N) is 1. The minimum Gasteiger partial charge on any atom is -0.368 e. The van der Waals surface area contributed by atoms with Crippen molar-refractivity contribution in [2.75, 3.05) is 0 Å². The molecule has 1 unspecified atom stereocenters. The normalized spacial score (nSPS) is 12.8. The Bertz CT molecular complexity index is 313. The van der Waals surface area contributed by atoms with Crippen molar-refractivity contribution in [1.82, 2.24) is 10.5 Å². The maximum Gasteiger partial charge on any atom is 0.234 e. The van der Waals surface area contributed by atoms with Crippen molar-refractivity contribution in [2.24, 2.45) is 5.73 Å². The molecule has 0 saturated carbocycles. The van der Waals surface area contributed by atoms with Crippen LogP contribution in [-0.4, -0.2) is 17.1 Å². The number of hydrogen-bond donors (Lipinski definition) is 2. The van der Waals surface area contributed by atoms with E-state index in [4.69, 9.17) is 10.3 Å². The molecule has 0 radical (unpaired) electrons. The molecule has 0 aliphatic rings. The largest absolute Gasteiger partial charge is 0.368 e. The quantitative estimate of drug-likeness (QED) is 0.725. The molecule has 5 nitrogen and oxygen atoms in total. The summed E-state index contributed by atoms with van der Waals surface area (Å²) in [6.45, 7) is 5.97. The van der Waals surface area contributed by atoms with Crippen LogP contribution in [0.4, 0.5) is 0 Å². The molecule has 5 heteroatoms. The third-order valence-electron chi connectivity index (χ3n) is 2.19. The summed E-state index contributed by atoms with van der Waals surface area (Å²) in [5.41, 5.74) is 6.93. The molecule has 14 heavy (non-hydrogen) atoms. The zero-order chi connectivity index (χ0) is 10.7. The lowest BCUT2D eigenvalue weighted by atomic mass is 10.2. The molecule has 1 heterocycles. The topological polar surface area (TPSA) is 81.2 Å². The van der Waals surface area contributed by atoms with Gasteiger partial charge in [0.25, 0.3) is 0 Å². The highest BCUT2D eigenvalue weighted by Crippen LogP contribution is 2.11. The number of nitrogens with zero attached hydrogens (tertiary/aromatic N) is 1. The highest BCUT2D eigenvalue weighted by atomic mass is 16.5. The van der Waals surface area contributed by atoms with Gasteiger partial charge in [-0.15, -0.1) is 0 Å². The summed E-state index contributed by atoms with van der Waals surface area (Å²) in [4.78, 5) is 10.7. The third kappa shape index (κ3) is 2.32. The molecule has 1 aromatic rings. The van der Waals surface area contributed by atoms with Gasteiger partial charge in [0.2, 0.25) is 5.91 Å². The smallest absolute Gasteiger partial charge is 0.234 e. The average Bonchev–Trinajstić information content (AvgIpc) is 2.43. The minimum atomic E-state index is -0.364. The van der Waals surface area contributed by atoms with Crippen molar-refractivity contribution in [2.45, 2.75) is 33.4 Å². The highest BCUT2D eigenvalue weighted by molar-refractivity contribution is 5.79. The Balaban J connectivity index is 2.57. The summed E-state index contributed by atoms with van der Waals surface area (Å²) < 4.78 is 4.98. The molecule has 0 saturated heterocycles. The zero-order valence-corrected chi connectivity index (χ0v) is 8.63. The van der Waals surface area contributed by atoms with Crippen molar-refractivity contribution in [3.63, 3.8) is 0 Å². The summed E-state index contributed by atoms with van der Waals surface area (Å²) in [6.07, 6.45) is 0. The molecule has 1 aromatic heterocycles. The van der Waals surface area contributed by atoms with Gasteiger partial charge in [-0.05, 0) is 20.8 Å². The lowest BCUT2D eigenvalue weighted by Gasteiger charge is -2.08. The van der Waals surface area contributed by atoms with Gasteiger partial charge in [0.05, 0.1) is 11.7 Å². The van der Waals surface area contributed by atoms with Gasteiger partial charge in [-0.3, -0.25) is 4.79 Å². The Morgan fingerprint density at radius 1 is 1.64 bits per heavy atom. The first kappa shape index (κ1) is 10.7. The van der Waals surface area contributed by atoms with Crippen molar-refractivity contribution in [3.8, 4) is 0 Å². The number of hydrogen-bond acceptors (Lipinski definition) is 4. The molecule has 1 amide bonds. The van der Waals surface area contributed by atoms with Gasteiger partial charge in [0.15, 0.2) is 0 Å². The van der Waals surface area contributed by atoms with Crippen molar-refractivity contribution < 1.29 is 9.32 Å². The Kier molecular flexibility index (Phi) is 3.24. The number of carbonyl (C=O) groups excluding carboxylic acids is 1. The fraction of sp³-hybridized carbons (Fsp3) is 0.556. The molecule has 0 fully saturated rings. The van der Waals surface area contributed by atoms with E-state index in [9.17, 15) is 4.79 Å². The van der Waals surface area contributed by atoms with E-state index in [0.29, 0.717) is 6.54 Å². The molecule has 0 bridgehead atoms. The van der Waals surface area contributed by atoms with Crippen molar-refractivity contribution >= 4 is 5.91 Å². The maximum atomic E-state index is 10.7. The fourth-order valence-corrected chi connectivity index (χ4v) is 1.11. The first-order chi connectivity index (χ1) is 6.52. The monoisotopic (exact) mass is 197 g/mol. The SMILES string of the molecule is Cc1noc(C)c1CNC(C)C(N)=O. The molecular weight excluding hydrogens is 182 g/mol. The van der Waals surface area contributed by atoms with Gasteiger partial charge in [-0.2, -0.15) is 0 Å². The van der Waals surface area contributed by atoms with Gasteiger partial charge in [0.1, 0.15) is 5.76 Å². The molecule has 0 aliphatic carbocycles. The van der Waals surface area contributed by atoms with Crippen LogP contribution >= 0.6 is 0 Å². The van der Waals surface area contributed by atoms with Crippen molar-refractivity contribution in [1.29, 1.82) is 0 Å². The van der Waals surface area contributed by atoms with E-state index in [1.165, 1.54) is 0 Å². The standard InChI is InChI=1S/C9H15N3O2/c1-5-8(7(3)14-12-5)4-11-6(2)9(10)13/h6,11H,4H2,1-3H3,(H2,10,13). The molecule has 0 spiro atoms. The van der Waals surface area contributed by atoms with Crippen LogP contribution < -0.4 is 11.1 Å². The van der Waals surface area contributed by atoms with E-state index in [0.717, 1.165) is 17.0 Å². The second kappa shape index (κ2) is 4.23. The Labute approximate surface area is 82.6 Å². The number of aryl methyl sites for hydroxylation is 2. The number of amides is 1. The second-order valence-electron chi connectivity index (χ2n) is 3.31. The molecular formula is C9H15N3O2. The summed E-state index contributed by atoms with van der Waals surface area (Å²) in [7, 11) is 0. The zero-order valence-electron chi connectivity index (χ0n) is 8.63. The molecule has 0 aromatic carbocycles. The molecule has 0 aliphatic heterocycles. The van der Waals surface area contributed by atoms with E-state index >= 15 is 0 Å². The van der Waals surface area contributed by atoms with Gasteiger partial charge < -0.3 is 15.6 Å². The lowest BCUT2D eigenvalue weighted by molar-refractivity contribution is -0.119. The van der Waals surface area contributed by atoms with E-state index in [1.807, 2.05) is 13.8 Å². The molecule has 1 rings (SSSR count). The number of primary amides is 1. The summed E-state index contributed by atoms with van der Waals surface area (Å²) in [5.74, 6) is 0.406. The highest BCUT2D eigenvalue weighted by Gasteiger charge is 2.12. The first-order valence-electron chi connectivity index (χ1n) is 4.46. The lowest BCUT2D eigenvalue weighted by Crippen LogP contribution is -2.38. The van der Waals surface area contributed by atoms with Gasteiger partial charge in [-0.1, -0.05) is 5.16 Å². The average molecular weight is 197 g/mol. The second-order valence-corrected chi connectivity index (χ2v) is 3.31. The Morgan fingerprint density at radius 2 is 2.29 bits per heavy atom. The van der Waals surface area contributed by atoms with Crippen LogP contribution in [0, 0.1) is 13.8 Å². The number of carbonyl (C=O) groups is 1. The van der Waals surface area contributed by atoms with E-state index in [2.05, 4.69) is 10.5 Å². The molecule has 1 atom stereocenters. The van der Waals surface area contributed by atoms with Crippen LogP contribution in [0.5, 0.6) is 0 Å².